The molecule has 0 heterocycles. The molecule has 6 aromatic carbocycles. The third-order valence-corrected chi connectivity index (χ3v) is 8.27. The smallest absolute Gasteiger partial charge is 0.505 e. The molecule has 0 aliphatic rings. The van der Waals surface area contributed by atoms with Gasteiger partial charge in [0.25, 0.3) is 0 Å². The highest BCUT2D eigenvalue weighted by atomic mass is 19.2. The Morgan fingerprint density at radius 1 is 0.464 bits per heavy atom. The molecule has 9 heteroatoms. The van der Waals surface area contributed by atoms with Crippen molar-refractivity contribution in [2.75, 3.05) is 0 Å². The Kier molecular flexibility index (Phi) is 14.3. The van der Waals surface area contributed by atoms with E-state index in [1.807, 2.05) is 121 Å². The summed E-state index contributed by atoms with van der Waals surface area (Å²) >= 11 is 0. The number of benzene rings is 6. The Balaban J connectivity index is 1.17. The summed E-state index contributed by atoms with van der Waals surface area (Å²) in [4.78, 5) is 13.0. The number of hydrogen-bond donors (Lipinski definition) is 0. The largest absolute Gasteiger partial charge is 0.796 e. The molecular weight excluding hydrogens is 709 g/mol. The van der Waals surface area contributed by atoms with Crippen LogP contribution in [0.1, 0.15) is 33.4 Å². The van der Waals surface area contributed by atoms with Crippen LogP contribution in [0, 0.1) is 0 Å². The van der Waals surface area contributed by atoms with Crippen molar-refractivity contribution in [1.29, 1.82) is 0 Å². The van der Waals surface area contributed by atoms with E-state index in [9.17, 15) is 13.4 Å². The SMILES string of the molecule is O=C(/C=C(/C=C/c1ccc(OCc2ccccc2)c(OCc2ccccc2)c1)OB(F)F)/C=C/c1ccc(OCc2ccccc2)c(OCc2ccccc2)c1. The van der Waals surface area contributed by atoms with E-state index < -0.39 is 13.3 Å². The first kappa shape index (κ1) is 38.8. The second-order valence-corrected chi connectivity index (χ2v) is 12.5. The van der Waals surface area contributed by atoms with Crippen molar-refractivity contribution in [3.63, 3.8) is 0 Å². The fourth-order valence-electron chi connectivity index (χ4n) is 5.43. The lowest BCUT2D eigenvalue weighted by Gasteiger charge is -2.14. The molecule has 280 valence electrons. The minimum absolute atomic E-state index is 0.292. The molecule has 0 saturated carbocycles. The monoisotopic (exact) mass is 748 g/mol. The van der Waals surface area contributed by atoms with Crippen molar-refractivity contribution in [1.82, 2.24) is 0 Å². The lowest BCUT2D eigenvalue weighted by molar-refractivity contribution is -0.110. The van der Waals surface area contributed by atoms with Crippen LogP contribution in [-0.2, 0) is 35.9 Å². The second-order valence-electron chi connectivity index (χ2n) is 12.5. The number of hydrogen-bond acceptors (Lipinski definition) is 6. The fraction of sp³-hybridized carbons (Fsp3) is 0.0851. The van der Waals surface area contributed by atoms with Crippen LogP contribution in [0.25, 0.3) is 12.2 Å². The average molecular weight is 749 g/mol. The summed E-state index contributed by atoms with van der Waals surface area (Å²) in [5.74, 6) is 1.14. The number of ketones is 1. The summed E-state index contributed by atoms with van der Waals surface area (Å²) in [5.41, 5.74) is 5.19. The van der Waals surface area contributed by atoms with Gasteiger partial charge in [0.15, 0.2) is 28.8 Å². The molecule has 6 nitrogen and oxygen atoms in total. The standard InChI is InChI=1S/C47H39BF2O6/c49-48(50)56-43(26-22-37-24-28-45(53-33-39-15-7-2-8-16-39)47(30-37)55-35-41-19-11-4-12-20-41)31-42(51)25-21-36-23-27-44(52-32-38-13-5-1-6-14-38)46(29-36)54-34-40-17-9-3-10-18-40/h1-31H,32-35H2/b25-21+,26-22+,43-31-. The molecule has 0 aliphatic heterocycles. The summed E-state index contributed by atoms with van der Waals surface area (Å²) in [6.45, 7) is 1.27. The van der Waals surface area contributed by atoms with E-state index in [0.29, 0.717) is 60.6 Å². The quantitative estimate of drug-likeness (QED) is 0.0356. The van der Waals surface area contributed by atoms with Crippen molar-refractivity contribution in [2.24, 2.45) is 0 Å². The molecule has 0 radical (unpaired) electrons. The fourth-order valence-corrected chi connectivity index (χ4v) is 5.43. The van der Waals surface area contributed by atoms with E-state index in [1.54, 1.807) is 48.6 Å². The van der Waals surface area contributed by atoms with Gasteiger partial charge in [-0.3, -0.25) is 4.79 Å². The Morgan fingerprint density at radius 3 is 1.20 bits per heavy atom. The average Bonchev–Trinajstić information content (AvgIpc) is 3.23. The lowest BCUT2D eigenvalue weighted by Crippen LogP contribution is -2.05. The lowest BCUT2D eigenvalue weighted by atomic mass is 10.1. The third kappa shape index (κ3) is 12.6. The van der Waals surface area contributed by atoms with Gasteiger partial charge in [0.2, 0.25) is 0 Å². The van der Waals surface area contributed by atoms with Gasteiger partial charge >= 0.3 is 7.47 Å². The van der Waals surface area contributed by atoms with Gasteiger partial charge in [-0.15, -0.1) is 0 Å². The van der Waals surface area contributed by atoms with Gasteiger partial charge in [0.1, 0.15) is 32.2 Å². The molecule has 0 atom stereocenters. The molecule has 0 bridgehead atoms. The maximum absolute atomic E-state index is 13.5. The zero-order chi connectivity index (χ0) is 38.8. The van der Waals surface area contributed by atoms with Crippen LogP contribution >= 0.6 is 0 Å². The topological polar surface area (TPSA) is 63.2 Å². The molecule has 56 heavy (non-hydrogen) atoms. The van der Waals surface area contributed by atoms with Crippen molar-refractivity contribution >= 4 is 25.4 Å². The van der Waals surface area contributed by atoms with Gasteiger partial charge in [0.05, 0.1) is 0 Å². The van der Waals surface area contributed by atoms with Crippen molar-refractivity contribution in [3.8, 4) is 23.0 Å². The first-order valence-corrected chi connectivity index (χ1v) is 18.0. The number of rotatable bonds is 19. The summed E-state index contributed by atoms with van der Waals surface area (Å²) in [6.07, 6.45) is 6.73. The summed E-state index contributed by atoms with van der Waals surface area (Å²) in [5, 5.41) is 0. The minimum Gasteiger partial charge on any atom is -0.505 e. The number of ether oxygens (including phenoxy) is 4. The highest BCUT2D eigenvalue weighted by molar-refractivity contribution is 6.35. The molecular formula is C47H39BF2O6. The Hall–Kier alpha value is -6.87. The van der Waals surface area contributed by atoms with Gasteiger partial charge in [-0.1, -0.05) is 146 Å². The molecule has 0 saturated heterocycles. The van der Waals surface area contributed by atoms with Gasteiger partial charge in [-0.25, -0.2) is 8.63 Å². The maximum Gasteiger partial charge on any atom is 0.796 e. The molecule has 6 aromatic rings. The predicted molar refractivity (Wildman–Crippen MR) is 216 cm³/mol. The summed E-state index contributed by atoms with van der Waals surface area (Å²) in [6, 6.07) is 49.5. The Bertz CT molecular complexity index is 2230. The summed E-state index contributed by atoms with van der Waals surface area (Å²) in [7, 11) is -3.14. The number of halogens is 2. The van der Waals surface area contributed by atoms with Gasteiger partial charge < -0.3 is 23.6 Å². The number of allylic oxidation sites excluding steroid dienone is 3. The molecule has 0 fully saturated rings. The first-order chi connectivity index (χ1) is 27.5. The molecule has 0 aromatic heterocycles. The summed E-state index contributed by atoms with van der Waals surface area (Å²) < 4.78 is 56.1. The second kappa shape index (κ2) is 20.6. The van der Waals surface area contributed by atoms with Crippen LogP contribution in [0.3, 0.4) is 0 Å². The third-order valence-electron chi connectivity index (χ3n) is 8.27. The minimum atomic E-state index is -3.14. The molecule has 0 amide bonds. The predicted octanol–water partition coefficient (Wildman–Crippen LogP) is 11.1. The van der Waals surface area contributed by atoms with Crippen LogP contribution in [0.4, 0.5) is 8.63 Å². The van der Waals surface area contributed by atoms with Crippen LogP contribution in [0.5, 0.6) is 23.0 Å². The highest BCUT2D eigenvalue weighted by Gasteiger charge is 2.19. The van der Waals surface area contributed by atoms with Crippen molar-refractivity contribution in [2.45, 2.75) is 26.4 Å². The molecule has 6 rings (SSSR count). The Labute approximate surface area is 326 Å². The molecule has 0 unspecified atom stereocenters. The van der Waals surface area contributed by atoms with E-state index in [2.05, 4.69) is 0 Å². The van der Waals surface area contributed by atoms with Crippen molar-refractivity contribution in [3.05, 3.63) is 215 Å². The van der Waals surface area contributed by atoms with Crippen molar-refractivity contribution < 1.29 is 37.0 Å². The van der Waals surface area contributed by atoms with Crippen LogP contribution in [0.15, 0.2) is 182 Å². The Morgan fingerprint density at radius 2 is 0.821 bits per heavy atom. The zero-order valence-corrected chi connectivity index (χ0v) is 30.5. The van der Waals surface area contributed by atoms with E-state index >= 15 is 0 Å². The van der Waals surface area contributed by atoms with Crippen LogP contribution in [-0.4, -0.2) is 13.3 Å². The molecule has 0 spiro atoms. The number of carbonyl (C=O) groups is 1. The van der Waals surface area contributed by atoms with Gasteiger partial charge in [-0.05, 0) is 69.8 Å². The highest BCUT2D eigenvalue weighted by Crippen LogP contribution is 2.32. The van der Waals surface area contributed by atoms with Gasteiger partial charge in [0, 0.05) is 6.08 Å². The zero-order valence-electron chi connectivity index (χ0n) is 30.5. The molecule has 0 N–H and O–H groups in total. The van der Waals surface area contributed by atoms with Gasteiger partial charge in [-0.2, -0.15) is 0 Å². The van der Waals surface area contributed by atoms with E-state index in [1.165, 1.54) is 12.2 Å². The van der Waals surface area contributed by atoms with E-state index in [0.717, 1.165) is 28.3 Å². The maximum atomic E-state index is 13.5. The van der Waals surface area contributed by atoms with Crippen LogP contribution in [0.2, 0.25) is 0 Å². The number of carbonyl (C=O) groups excluding carboxylic acids is 1. The van der Waals surface area contributed by atoms with E-state index in [-0.39, 0.29) is 5.76 Å². The first-order valence-electron chi connectivity index (χ1n) is 18.0. The molecule has 0 aliphatic carbocycles. The normalized spacial score (nSPS) is 11.4. The van der Waals surface area contributed by atoms with E-state index in [4.69, 9.17) is 23.6 Å². The van der Waals surface area contributed by atoms with Crippen LogP contribution < -0.4 is 18.9 Å².